The fraction of sp³-hybridized carbons (Fsp3) is 0.467. The maximum absolute atomic E-state index is 12.5. The van der Waals surface area contributed by atoms with Crippen LogP contribution < -0.4 is 0 Å². The molecule has 2 heterocycles. The van der Waals surface area contributed by atoms with E-state index in [-0.39, 0.29) is 29.2 Å². The quantitative estimate of drug-likeness (QED) is 0.716. The number of thioether (sulfide) groups is 1. The number of amides is 1. The molecule has 1 aromatic carbocycles. The molecule has 1 aromatic heterocycles. The number of fused-ring (bicyclic) bond motifs is 1. The zero-order valence-electron chi connectivity index (χ0n) is 13.1. The van der Waals surface area contributed by atoms with E-state index in [2.05, 4.69) is 4.98 Å². The van der Waals surface area contributed by atoms with Crippen LogP contribution in [0.3, 0.4) is 0 Å². The predicted molar refractivity (Wildman–Crippen MR) is 99.8 cm³/mol. The SMILES string of the molecule is CCN(C(=O)CSc1nc2cc(Cl)ccc2s1)[C@@H]1CCS(=O)(=O)C1. The molecule has 1 amide bonds. The van der Waals surface area contributed by atoms with Crippen molar-refractivity contribution in [3.8, 4) is 0 Å². The first-order valence-corrected chi connectivity index (χ1v) is 11.6. The van der Waals surface area contributed by atoms with Crippen molar-refractivity contribution in [2.24, 2.45) is 0 Å². The lowest BCUT2D eigenvalue weighted by Gasteiger charge is -2.26. The molecule has 0 aliphatic carbocycles. The van der Waals surface area contributed by atoms with Crippen LogP contribution in [0.4, 0.5) is 0 Å². The minimum Gasteiger partial charge on any atom is -0.338 e. The van der Waals surface area contributed by atoms with Crippen molar-refractivity contribution in [2.75, 3.05) is 23.8 Å². The van der Waals surface area contributed by atoms with Crippen LogP contribution in [-0.2, 0) is 14.6 Å². The number of carbonyl (C=O) groups excluding carboxylic acids is 1. The van der Waals surface area contributed by atoms with Crippen LogP contribution in [0.15, 0.2) is 22.5 Å². The first-order chi connectivity index (χ1) is 11.4. The second kappa shape index (κ2) is 7.19. The van der Waals surface area contributed by atoms with Crippen molar-refractivity contribution in [3.05, 3.63) is 23.2 Å². The maximum Gasteiger partial charge on any atom is 0.233 e. The van der Waals surface area contributed by atoms with E-state index < -0.39 is 9.84 Å². The third kappa shape index (κ3) is 4.04. The van der Waals surface area contributed by atoms with E-state index in [0.717, 1.165) is 14.6 Å². The highest BCUT2D eigenvalue weighted by Crippen LogP contribution is 2.31. The molecule has 2 aromatic rings. The van der Waals surface area contributed by atoms with E-state index in [1.807, 2.05) is 19.1 Å². The number of hydrogen-bond donors (Lipinski definition) is 0. The zero-order valence-corrected chi connectivity index (χ0v) is 16.3. The van der Waals surface area contributed by atoms with Crippen LogP contribution in [0.1, 0.15) is 13.3 Å². The Kier molecular flexibility index (Phi) is 5.39. The summed E-state index contributed by atoms with van der Waals surface area (Å²) in [5.74, 6) is 0.476. The van der Waals surface area contributed by atoms with Gasteiger partial charge in [-0.3, -0.25) is 4.79 Å². The van der Waals surface area contributed by atoms with E-state index >= 15 is 0 Å². The molecule has 1 aliphatic heterocycles. The molecule has 1 atom stereocenters. The number of sulfone groups is 1. The molecule has 1 aliphatic rings. The maximum atomic E-state index is 12.5. The lowest BCUT2D eigenvalue weighted by molar-refractivity contribution is -0.129. The molecule has 0 saturated carbocycles. The summed E-state index contributed by atoms with van der Waals surface area (Å²) >= 11 is 8.87. The molecule has 1 fully saturated rings. The molecule has 0 bridgehead atoms. The van der Waals surface area contributed by atoms with Crippen molar-refractivity contribution in [2.45, 2.75) is 23.7 Å². The van der Waals surface area contributed by atoms with Crippen LogP contribution in [-0.4, -0.2) is 54.1 Å². The minimum absolute atomic E-state index is 0.0399. The zero-order chi connectivity index (χ0) is 17.3. The summed E-state index contributed by atoms with van der Waals surface area (Å²) in [4.78, 5) is 18.6. The number of hydrogen-bond acceptors (Lipinski definition) is 6. The van der Waals surface area contributed by atoms with Crippen molar-refractivity contribution in [3.63, 3.8) is 0 Å². The van der Waals surface area contributed by atoms with Crippen LogP contribution in [0.25, 0.3) is 10.2 Å². The van der Waals surface area contributed by atoms with Crippen molar-refractivity contribution in [1.82, 2.24) is 9.88 Å². The molecule has 5 nitrogen and oxygen atoms in total. The van der Waals surface area contributed by atoms with E-state index in [0.29, 0.717) is 18.0 Å². The third-order valence-electron chi connectivity index (χ3n) is 3.96. The molecule has 1 saturated heterocycles. The number of rotatable bonds is 5. The van der Waals surface area contributed by atoms with Crippen molar-refractivity contribution < 1.29 is 13.2 Å². The number of halogens is 1. The lowest BCUT2D eigenvalue weighted by Crippen LogP contribution is -2.41. The summed E-state index contributed by atoms with van der Waals surface area (Å²) in [6.45, 7) is 2.40. The van der Waals surface area contributed by atoms with Crippen LogP contribution in [0.5, 0.6) is 0 Å². The van der Waals surface area contributed by atoms with Gasteiger partial charge in [0.25, 0.3) is 0 Å². The normalized spacial score (nSPS) is 19.7. The topological polar surface area (TPSA) is 67.3 Å². The van der Waals surface area contributed by atoms with Gasteiger partial charge in [0.1, 0.15) is 0 Å². The largest absolute Gasteiger partial charge is 0.338 e. The number of benzene rings is 1. The van der Waals surface area contributed by atoms with Gasteiger partial charge in [0.05, 0.1) is 27.5 Å². The second-order valence-corrected chi connectivity index (χ2v) is 10.5. The Morgan fingerprint density at radius 3 is 2.96 bits per heavy atom. The fourth-order valence-corrected chi connectivity index (χ4v) is 6.64. The van der Waals surface area contributed by atoms with E-state index in [1.54, 1.807) is 11.0 Å². The van der Waals surface area contributed by atoms with Gasteiger partial charge in [-0.25, -0.2) is 13.4 Å². The van der Waals surface area contributed by atoms with Crippen molar-refractivity contribution in [1.29, 1.82) is 0 Å². The third-order valence-corrected chi connectivity index (χ3v) is 8.11. The Morgan fingerprint density at radius 1 is 1.50 bits per heavy atom. The number of thiazole rings is 1. The van der Waals surface area contributed by atoms with Gasteiger partial charge in [0.2, 0.25) is 5.91 Å². The highest BCUT2D eigenvalue weighted by Gasteiger charge is 2.33. The molecular weight excluding hydrogens is 388 g/mol. The van der Waals surface area contributed by atoms with Gasteiger partial charge in [-0.15, -0.1) is 11.3 Å². The molecule has 130 valence electrons. The molecule has 0 radical (unpaired) electrons. The van der Waals surface area contributed by atoms with Gasteiger partial charge in [0, 0.05) is 17.6 Å². The Hall–Kier alpha value is -0.830. The summed E-state index contributed by atoms with van der Waals surface area (Å²) in [5, 5.41) is 0.639. The highest BCUT2D eigenvalue weighted by atomic mass is 35.5. The Balaban J connectivity index is 1.64. The Bertz CT molecular complexity index is 866. The summed E-state index contributed by atoms with van der Waals surface area (Å²) in [7, 11) is -3.00. The molecule has 24 heavy (non-hydrogen) atoms. The standard InChI is InChI=1S/C15H17ClN2O3S3/c1-2-18(11-5-6-24(20,21)9-11)14(19)8-22-15-17-12-7-10(16)3-4-13(12)23-15/h3-4,7,11H,2,5-6,8-9H2,1H3/t11-/m1/s1. The van der Waals surface area contributed by atoms with Gasteiger partial charge in [0.15, 0.2) is 14.2 Å². The second-order valence-electron chi connectivity index (χ2n) is 5.62. The minimum atomic E-state index is -3.00. The average molecular weight is 405 g/mol. The van der Waals surface area contributed by atoms with E-state index in [4.69, 9.17) is 11.6 Å². The van der Waals surface area contributed by atoms with Crippen LogP contribution in [0, 0.1) is 0 Å². The average Bonchev–Trinajstić information content (AvgIpc) is 3.08. The van der Waals surface area contributed by atoms with Gasteiger partial charge >= 0.3 is 0 Å². The first-order valence-electron chi connectivity index (χ1n) is 7.57. The predicted octanol–water partition coefficient (Wildman–Crippen LogP) is 3.08. The summed E-state index contributed by atoms with van der Waals surface area (Å²) in [6, 6.07) is 5.35. The van der Waals surface area contributed by atoms with E-state index in [1.165, 1.54) is 23.1 Å². The molecule has 0 spiro atoms. The smallest absolute Gasteiger partial charge is 0.233 e. The molecule has 9 heteroatoms. The number of carbonyl (C=O) groups is 1. The van der Waals surface area contributed by atoms with Crippen LogP contribution >= 0.6 is 34.7 Å². The summed E-state index contributed by atoms with van der Waals surface area (Å²) in [5.41, 5.74) is 0.830. The first kappa shape index (κ1) is 18.0. The summed E-state index contributed by atoms with van der Waals surface area (Å²) < 4.78 is 25.1. The van der Waals surface area contributed by atoms with Gasteiger partial charge < -0.3 is 4.90 Å². The molecule has 0 unspecified atom stereocenters. The lowest BCUT2D eigenvalue weighted by atomic mass is 10.2. The highest BCUT2D eigenvalue weighted by molar-refractivity contribution is 8.01. The van der Waals surface area contributed by atoms with Gasteiger partial charge in [-0.05, 0) is 31.5 Å². The Morgan fingerprint density at radius 2 is 2.29 bits per heavy atom. The van der Waals surface area contributed by atoms with Crippen molar-refractivity contribution >= 4 is 60.7 Å². The molecular formula is C15H17ClN2O3S3. The number of nitrogens with zero attached hydrogens (tertiary/aromatic N) is 2. The van der Waals surface area contributed by atoms with Gasteiger partial charge in [-0.1, -0.05) is 23.4 Å². The Labute approximate surface area is 154 Å². The monoisotopic (exact) mass is 404 g/mol. The molecule has 3 rings (SSSR count). The van der Waals surface area contributed by atoms with E-state index in [9.17, 15) is 13.2 Å². The fourth-order valence-electron chi connectivity index (χ4n) is 2.81. The van der Waals surface area contributed by atoms with Crippen LogP contribution in [0.2, 0.25) is 5.02 Å². The molecule has 0 N–H and O–H groups in total. The number of aromatic nitrogens is 1. The summed E-state index contributed by atoms with van der Waals surface area (Å²) in [6.07, 6.45) is 0.534. The van der Waals surface area contributed by atoms with Gasteiger partial charge in [-0.2, -0.15) is 0 Å².